The summed E-state index contributed by atoms with van der Waals surface area (Å²) in [6.45, 7) is 0. The van der Waals surface area contributed by atoms with Crippen LogP contribution in [0.2, 0.25) is 0 Å². The molecular formula is C15H9N3. The Hall–Kier alpha value is -2.55. The molecule has 3 nitrogen and oxygen atoms in total. The molecule has 18 heavy (non-hydrogen) atoms. The first-order valence-electron chi connectivity index (χ1n) is 5.82. The molecule has 2 heterocycles. The number of aromatic nitrogens is 1. The molecule has 3 aromatic rings. The van der Waals surface area contributed by atoms with Crippen LogP contribution in [0.3, 0.4) is 0 Å². The Morgan fingerprint density at radius 3 is 2.56 bits per heavy atom. The minimum atomic E-state index is 0.910. The van der Waals surface area contributed by atoms with E-state index in [0.717, 1.165) is 33.4 Å². The second-order valence-electron chi connectivity index (χ2n) is 4.26. The summed E-state index contributed by atoms with van der Waals surface area (Å²) in [6.07, 6.45) is 1.88. The molecule has 0 radical (unpaired) electrons. The van der Waals surface area contributed by atoms with Crippen LogP contribution in [-0.2, 0) is 0 Å². The minimum absolute atomic E-state index is 0.910. The number of hydrogen-bond acceptors (Lipinski definition) is 3. The summed E-state index contributed by atoms with van der Waals surface area (Å²) in [7, 11) is 0. The molecule has 1 aliphatic heterocycles. The van der Waals surface area contributed by atoms with E-state index < -0.39 is 0 Å². The summed E-state index contributed by atoms with van der Waals surface area (Å²) >= 11 is 0. The van der Waals surface area contributed by atoms with Crippen LogP contribution in [0.15, 0.2) is 65.0 Å². The first kappa shape index (κ1) is 9.48. The van der Waals surface area contributed by atoms with Gasteiger partial charge in [-0.05, 0) is 17.7 Å². The normalized spacial score (nSPS) is 12.2. The van der Waals surface area contributed by atoms with Crippen LogP contribution in [0.1, 0.15) is 0 Å². The lowest BCUT2D eigenvalue weighted by Gasteiger charge is -2.05. The topological polar surface area (TPSA) is 37.6 Å². The smallest absolute Gasteiger partial charge is 0.107 e. The van der Waals surface area contributed by atoms with Gasteiger partial charge in [-0.2, -0.15) is 0 Å². The van der Waals surface area contributed by atoms with Gasteiger partial charge in [-0.3, -0.25) is 4.98 Å². The Bertz CT molecular complexity index is 776. The molecule has 1 aromatic heterocycles. The average molecular weight is 231 g/mol. The van der Waals surface area contributed by atoms with Crippen LogP contribution in [0.5, 0.6) is 0 Å². The standard InChI is InChI=1S/C15H9N3/c1-2-5-10(6-3-1)11-9-16-12-7-4-8-13-14(12)15(11)18-17-13/h1-9H. The van der Waals surface area contributed by atoms with Crippen molar-refractivity contribution in [3.8, 4) is 11.1 Å². The summed E-state index contributed by atoms with van der Waals surface area (Å²) in [5.41, 5.74) is 4.95. The summed E-state index contributed by atoms with van der Waals surface area (Å²) in [4.78, 5) is 4.50. The van der Waals surface area contributed by atoms with Gasteiger partial charge in [-0.15, -0.1) is 10.2 Å². The maximum Gasteiger partial charge on any atom is 0.107 e. The third kappa shape index (κ3) is 1.21. The molecule has 0 saturated heterocycles. The largest absolute Gasteiger partial charge is 0.255 e. The minimum Gasteiger partial charge on any atom is -0.255 e. The van der Waals surface area contributed by atoms with E-state index >= 15 is 0 Å². The van der Waals surface area contributed by atoms with E-state index in [-0.39, 0.29) is 0 Å². The van der Waals surface area contributed by atoms with Crippen LogP contribution in [-0.4, -0.2) is 4.98 Å². The van der Waals surface area contributed by atoms with Gasteiger partial charge in [0.15, 0.2) is 0 Å². The van der Waals surface area contributed by atoms with Crippen LogP contribution < -0.4 is 0 Å². The fourth-order valence-electron chi connectivity index (χ4n) is 2.33. The predicted octanol–water partition coefficient (Wildman–Crippen LogP) is 4.63. The van der Waals surface area contributed by atoms with Crippen molar-refractivity contribution in [3.63, 3.8) is 0 Å². The lowest BCUT2D eigenvalue weighted by atomic mass is 10.0. The van der Waals surface area contributed by atoms with Gasteiger partial charge >= 0.3 is 0 Å². The molecule has 0 unspecified atom stereocenters. The molecule has 0 N–H and O–H groups in total. The van der Waals surface area contributed by atoms with E-state index in [4.69, 9.17) is 0 Å². The van der Waals surface area contributed by atoms with Crippen LogP contribution in [0.25, 0.3) is 22.0 Å². The summed E-state index contributed by atoms with van der Waals surface area (Å²) in [5, 5.41) is 9.58. The maximum atomic E-state index is 4.50. The zero-order valence-corrected chi connectivity index (χ0v) is 9.54. The van der Waals surface area contributed by atoms with E-state index in [1.807, 2.05) is 42.6 Å². The van der Waals surface area contributed by atoms with Crippen molar-refractivity contribution in [3.05, 3.63) is 54.7 Å². The van der Waals surface area contributed by atoms with Gasteiger partial charge in [0.2, 0.25) is 0 Å². The first-order chi connectivity index (χ1) is 8.93. The number of pyridine rings is 1. The van der Waals surface area contributed by atoms with Gasteiger partial charge in [-0.25, -0.2) is 0 Å². The Labute approximate surface area is 104 Å². The van der Waals surface area contributed by atoms with Crippen molar-refractivity contribution in [1.82, 2.24) is 4.98 Å². The molecular weight excluding hydrogens is 222 g/mol. The predicted molar refractivity (Wildman–Crippen MR) is 71.4 cm³/mol. The SMILES string of the molecule is c1ccc(-c2cnc3cccc4c3c2N=N4)cc1. The average Bonchev–Trinajstić information content (AvgIpc) is 2.87. The monoisotopic (exact) mass is 231 g/mol. The number of hydrogen-bond donors (Lipinski definition) is 0. The third-order valence-electron chi connectivity index (χ3n) is 3.19. The van der Waals surface area contributed by atoms with Gasteiger partial charge < -0.3 is 0 Å². The van der Waals surface area contributed by atoms with Gasteiger partial charge in [0.05, 0.1) is 16.6 Å². The Morgan fingerprint density at radius 1 is 0.778 bits per heavy atom. The van der Waals surface area contributed by atoms with Crippen molar-refractivity contribution in [2.45, 2.75) is 0 Å². The fraction of sp³-hybridized carbons (Fsp3) is 0. The van der Waals surface area contributed by atoms with E-state index in [1.54, 1.807) is 0 Å². The molecule has 0 aliphatic carbocycles. The van der Waals surface area contributed by atoms with Crippen LogP contribution in [0, 0.1) is 0 Å². The molecule has 2 aromatic carbocycles. The fourth-order valence-corrected chi connectivity index (χ4v) is 2.33. The zero-order chi connectivity index (χ0) is 11.9. The van der Waals surface area contributed by atoms with Gasteiger partial charge in [-0.1, -0.05) is 36.4 Å². The second-order valence-corrected chi connectivity index (χ2v) is 4.26. The van der Waals surface area contributed by atoms with Crippen molar-refractivity contribution >= 4 is 22.3 Å². The molecule has 0 atom stereocenters. The summed E-state index contributed by atoms with van der Waals surface area (Å²) in [6, 6.07) is 16.1. The van der Waals surface area contributed by atoms with E-state index in [9.17, 15) is 0 Å². The number of benzene rings is 2. The molecule has 4 rings (SSSR count). The molecule has 0 bridgehead atoms. The van der Waals surface area contributed by atoms with Gasteiger partial charge in [0.1, 0.15) is 5.69 Å². The number of nitrogens with zero attached hydrogens (tertiary/aromatic N) is 3. The maximum absolute atomic E-state index is 4.50. The molecule has 3 heteroatoms. The summed E-state index contributed by atoms with van der Waals surface area (Å²) < 4.78 is 0. The first-order valence-corrected chi connectivity index (χ1v) is 5.82. The van der Waals surface area contributed by atoms with Gasteiger partial charge in [0, 0.05) is 11.8 Å². The Kier molecular flexibility index (Phi) is 1.83. The second kappa shape index (κ2) is 3.47. The summed E-state index contributed by atoms with van der Waals surface area (Å²) in [5.74, 6) is 0. The molecule has 0 saturated carbocycles. The molecule has 0 amide bonds. The van der Waals surface area contributed by atoms with Crippen LogP contribution in [0.4, 0.5) is 11.4 Å². The lowest BCUT2D eigenvalue weighted by Crippen LogP contribution is -1.83. The highest BCUT2D eigenvalue weighted by Gasteiger charge is 2.17. The zero-order valence-electron chi connectivity index (χ0n) is 9.54. The van der Waals surface area contributed by atoms with E-state index in [0.29, 0.717) is 0 Å². The Morgan fingerprint density at radius 2 is 1.67 bits per heavy atom. The molecule has 1 aliphatic rings. The molecule has 84 valence electrons. The van der Waals surface area contributed by atoms with Crippen molar-refractivity contribution in [1.29, 1.82) is 0 Å². The number of azo groups is 1. The Balaban J connectivity index is 2.10. The number of rotatable bonds is 1. The highest BCUT2D eigenvalue weighted by atomic mass is 15.1. The molecule has 0 spiro atoms. The van der Waals surface area contributed by atoms with Crippen molar-refractivity contribution < 1.29 is 0 Å². The highest BCUT2D eigenvalue weighted by Crippen LogP contribution is 2.45. The van der Waals surface area contributed by atoms with Crippen LogP contribution >= 0.6 is 0 Å². The van der Waals surface area contributed by atoms with Crippen molar-refractivity contribution in [2.75, 3.05) is 0 Å². The third-order valence-corrected chi connectivity index (χ3v) is 3.19. The quantitative estimate of drug-likeness (QED) is 0.470. The van der Waals surface area contributed by atoms with E-state index in [2.05, 4.69) is 27.3 Å². The van der Waals surface area contributed by atoms with Crippen molar-refractivity contribution in [2.24, 2.45) is 10.2 Å². The van der Waals surface area contributed by atoms with E-state index in [1.165, 1.54) is 0 Å². The highest BCUT2D eigenvalue weighted by molar-refractivity contribution is 6.05. The lowest BCUT2D eigenvalue weighted by molar-refractivity contribution is 1.29. The van der Waals surface area contributed by atoms with Gasteiger partial charge in [0.25, 0.3) is 0 Å². The molecule has 0 fully saturated rings.